The van der Waals surface area contributed by atoms with Crippen molar-refractivity contribution in [1.82, 2.24) is 14.7 Å². The predicted octanol–water partition coefficient (Wildman–Crippen LogP) is 5.24. The fourth-order valence-electron chi connectivity index (χ4n) is 3.39. The van der Waals surface area contributed by atoms with Crippen LogP contribution in [0.25, 0.3) is 5.69 Å². The molecule has 1 aromatic heterocycles. The molecular weight excluding hydrogens is 388 g/mol. The van der Waals surface area contributed by atoms with Crippen LogP contribution in [0.1, 0.15) is 78.0 Å². The molecule has 0 bridgehead atoms. The number of aryl methyl sites for hydroxylation is 1. The van der Waals surface area contributed by atoms with Gasteiger partial charge in [0.2, 0.25) is 11.8 Å². The van der Waals surface area contributed by atoms with E-state index < -0.39 is 0 Å². The van der Waals surface area contributed by atoms with E-state index in [9.17, 15) is 9.59 Å². The van der Waals surface area contributed by atoms with E-state index in [1.807, 2.05) is 44.2 Å². The van der Waals surface area contributed by atoms with Crippen molar-refractivity contribution in [2.24, 2.45) is 0 Å². The Hall–Kier alpha value is -2.63. The molecule has 6 heteroatoms. The lowest BCUT2D eigenvalue weighted by molar-refractivity contribution is -0.134. The maximum atomic E-state index is 12.8. The van der Waals surface area contributed by atoms with Gasteiger partial charge in [-0.3, -0.25) is 9.59 Å². The molecule has 0 aliphatic rings. The number of benzene rings is 1. The summed E-state index contributed by atoms with van der Waals surface area (Å²) in [6.45, 7) is 12.9. The maximum Gasteiger partial charge on any atom is 0.245 e. The molecule has 0 saturated heterocycles. The average molecular weight is 427 g/mol. The second-order valence-electron chi connectivity index (χ2n) is 9.18. The molecule has 1 aromatic carbocycles. The normalized spacial score (nSPS) is 11.4. The van der Waals surface area contributed by atoms with Gasteiger partial charge in [0.1, 0.15) is 5.82 Å². The lowest BCUT2D eigenvalue weighted by Crippen LogP contribution is -2.38. The highest BCUT2D eigenvalue weighted by Gasteiger charge is 2.22. The van der Waals surface area contributed by atoms with E-state index in [0.717, 1.165) is 42.6 Å². The molecule has 0 saturated carbocycles. The number of likely N-dealkylation sites (N-methyl/N-ethyl adjacent to an activating group) is 1. The Morgan fingerprint density at radius 2 is 1.84 bits per heavy atom. The van der Waals surface area contributed by atoms with Gasteiger partial charge in [-0.1, -0.05) is 59.1 Å². The standard InChI is InChI=1S/C25H38N4O2/c1-7-9-10-11-15-24(31)28(8-2)18-23(30)26-22-17-21(25(4,5)6)27-29(22)20-14-12-13-19(3)16-20/h12-14,16-17H,7-11,15,18H2,1-6H3,(H,26,30). The first-order valence-corrected chi connectivity index (χ1v) is 11.4. The van der Waals surface area contributed by atoms with Crippen molar-refractivity contribution in [3.8, 4) is 5.69 Å². The summed E-state index contributed by atoms with van der Waals surface area (Å²) in [5.74, 6) is 0.446. The summed E-state index contributed by atoms with van der Waals surface area (Å²) in [5.41, 5.74) is 2.75. The Labute approximate surface area is 187 Å². The Kier molecular flexibility index (Phi) is 8.84. The number of nitrogens with zero attached hydrogens (tertiary/aromatic N) is 3. The molecule has 2 aromatic rings. The Morgan fingerprint density at radius 3 is 2.45 bits per heavy atom. The molecule has 0 radical (unpaired) electrons. The van der Waals surface area contributed by atoms with Gasteiger partial charge in [-0.05, 0) is 38.0 Å². The highest BCUT2D eigenvalue weighted by Crippen LogP contribution is 2.26. The van der Waals surface area contributed by atoms with Crippen LogP contribution in [-0.2, 0) is 15.0 Å². The zero-order valence-corrected chi connectivity index (χ0v) is 20.0. The number of hydrogen-bond donors (Lipinski definition) is 1. The Bertz CT molecular complexity index is 880. The number of carbonyl (C=O) groups is 2. The van der Waals surface area contributed by atoms with Gasteiger partial charge in [-0.2, -0.15) is 5.10 Å². The van der Waals surface area contributed by atoms with Crippen LogP contribution in [0, 0.1) is 6.92 Å². The van der Waals surface area contributed by atoms with E-state index in [1.54, 1.807) is 9.58 Å². The van der Waals surface area contributed by atoms with Crippen LogP contribution in [-0.4, -0.2) is 39.6 Å². The largest absolute Gasteiger partial charge is 0.334 e. The van der Waals surface area contributed by atoms with Crippen LogP contribution < -0.4 is 5.32 Å². The van der Waals surface area contributed by atoms with Gasteiger partial charge in [0.25, 0.3) is 0 Å². The number of hydrogen-bond acceptors (Lipinski definition) is 3. The second kappa shape index (κ2) is 11.1. The molecule has 6 nitrogen and oxygen atoms in total. The molecule has 0 atom stereocenters. The molecule has 1 heterocycles. The van der Waals surface area contributed by atoms with E-state index in [1.165, 1.54) is 0 Å². The fourth-order valence-corrected chi connectivity index (χ4v) is 3.39. The summed E-state index contributed by atoms with van der Waals surface area (Å²) < 4.78 is 1.77. The number of aromatic nitrogens is 2. The van der Waals surface area contributed by atoms with Crippen LogP contribution in [0.2, 0.25) is 0 Å². The van der Waals surface area contributed by atoms with Gasteiger partial charge < -0.3 is 10.2 Å². The summed E-state index contributed by atoms with van der Waals surface area (Å²) in [7, 11) is 0. The lowest BCUT2D eigenvalue weighted by atomic mass is 9.92. The third-order valence-electron chi connectivity index (χ3n) is 5.30. The molecule has 170 valence electrons. The summed E-state index contributed by atoms with van der Waals surface area (Å²) in [5, 5.41) is 7.74. The lowest BCUT2D eigenvalue weighted by Gasteiger charge is -2.20. The Balaban J connectivity index is 2.15. The van der Waals surface area contributed by atoms with Crippen molar-refractivity contribution in [3.63, 3.8) is 0 Å². The van der Waals surface area contributed by atoms with E-state index in [-0.39, 0.29) is 23.8 Å². The van der Waals surface area contributed by atoms with Crippen molar-refractivity contribution in [1.29, 1.82) is 0 Å². The van der Waals surface area contributed by atoms with Crippen LogP contribution in [0.15, 0.2) is 30.3 Å². The van der Waals surface area contributed by atoms with Crippen molar-refractivity contribution < 1.29 is 9.59 Å². The first-order valence-electron chi connectivity index (χ1n) is 11.4. The maximum absolute atomic E-state index is 12.8. The van der Waals surface area contributed by atoms with Crippen molar-refractivity contribution in [3.05, 3.63) is 41.6 Å². The number of nitrogens with one attached hydrogen (secondary N) is 1. The molecule has 2 rings (SSSR count). The second-order valence-corrected chi connectivity index (χ2v) is 9.18. The van der Waals surface area contributed by atoms with Gasteiger partial charge in [-0.25, -0.2) is 4.68 Å². The van der Waals surface area contributed by atoms with Crippen LogP contribution in [0.3, 0.4) is 0 Å². The van der Waals surface area contributed by atoms with Crippen LogP contribution in [0.5, 0.6) is 0 Å². The van der Waals surface area contributed by atoms with E-state index >= 15 is 0 Å². The molecule has 31 heavy (non-hydrogen) atoms. The minimum absolute atomic E-state index is 0.0383. The topological polar surface area (TPSA) is 67.2 Å². The summed E-state index contributed by atoms with van der Waals surface area (Å²) in [6.07, 6.45) is 4.70. The first kappa shape index (κ1) is 24.6. The third-order valence-corrected chi connectivity index (χ3v) is 5.30. The quantitative estimate of drug-likeness (QED) is 0.529. The Morgan fingerprint density at radius 1 is 1.10 bits per heavy atom. The van der Waals surface area contributed by atoms with E-state index in [4.69, 9.17) is 5.10 Å². The van der Waals surface area contributed by atoms with Gasteiger partial charge >= 0.3 is 0 Å². The summed E-state index contributed by atoms with van der Waals surface area (Å²) in [6, 6.07) is 9.93. The highest BCUT2D eigenvalue weighted by molar-refractivity contribution is 5.94. The van der Waals surface area contributed by atoms with E-state index in [0.29, 0.717) is 18.8 Å². The fraction of sp³-hybridized carbons (Fsp3) is 0.560. The van der Waals surface area contributed by atoms with Crippen molar-refractivity contribution in [2.45, 2.75) is 79.1 Å². The summed E-state index contributed by atoms with van der Waals surface area (Å²) in [4.78, 5) is 27.0. The molecule has 0 aliphatic carbocycles. The molecule has 0 unspecified atom stereocenters. The molecular formula is C25H38N4O2. The average Bonchev–Trinajstić information content (AvgIpc) is 3.13. The molecule has 1 N–H and O–H groups in total. The van der Waals surface area contributed by atoms with Gasteiger partial charge in [-0.15, -0.1) is 0 Å². The SMILES string of the molecule is CCCCCCC(=O)N(CC)CC(=O)Nc1cc(C(C)(C)C)nn1-c1cccc(C)c1. The highest BCUT2D eigenvalue weighted by atomic mass is 16.2. The van der Waals surface area contributed by atoms with Gasteiger partial charge in [0, 0.05) is 24.4 Å². The molecule has 0 aliphatic heterocycles. The zero-order valence-electron chi connectivity index (χ0n) is 20.0. The monoisotopic (exact) mass is 426 g/mol. The number of unbranched alkanes of at least 4 members (excludes halogenated alkanes) is 3. The third kappa shape index (κ3) is 7.23. The van der Waals surface area contributed by atoms with Crippen molar-refractivity contribution >= 4 is 17.6 Å². The first-order chi connectivity index (χ1) is 14.7. The van der Waals surface area contributed by atoms with E-state index in [2.05, 4.69) is 33.0 Å². The molecule has 2 amide bonds. The number of amides is 2. The smallest absolute Gasteiger partial charge is 0.245 e. The van der Waals surface area contributed by atoms with Crippen LogP contribution in [0.4, 0.5) is 5.82 Å². The number of anilines is 1. The van der Waals surface area contributed by atoms with Crippen LogP contribution >= 0.6 is 0 Å². The predicted molar refractivity (Wildman–Crippen MR) is 127 cm³/mol. The minimum atomic E-state index is -0.210. The minimum Gasteiger partial charge on any atom is -0.334 e. The summed E-state index contributed by atoms with van der Waals surface area (Å²) >= 11 is 0. The van der Waals surface area contributed by atoms with Gasteiger partial charge in [0.05, 0.1) is 17.9 Å². The molecule has 0 fully saturated rings. The molecule has 0 spiro atoms. The number of carbonyl (C=O) groups excluding carboxylic acids is 2. The van der Waals surface area contributed by atoms with Gasteiger partial charge in [0.15, 0.2) is 0 Å². The zero-order chi connectivity index (χ0) is 23.0. The van der Waals surface area contributed by atoms with Crippen molar-refractivity contribution in [2.75, 3.05) is 18.4 Å². The number of rotatable bonds is 10.